The fraction of sp³-hybridized carbons (Fsp3) is 0.625. The van der Waals surface area contributed by atoms with E-state index in [1.54, 1.807) is 0 Å². The third kappa shape index (κ3) is 3.66. The highest BCUT2D eigenvalue weighted by Gasteiger charge is 2.24. The summed E-state index contributed by atoms with van der Waals surface area (Å²) in [4.78, 5) is 4.85. The topological polar surface area (TPSA) is 32.5 Å². The molecule has 2 N–H and O–H groups in total. The minimum atomic E-state index is 0.171. The Kier molecular flexibility index (Phi) is 5.30. The van der Waals surface area contributed by atoms with E-state index in [9.17, 15) is 0 Å². The van der Waals surface area contributed by atoms with E-state index in [2.05, 4.69) is 42.0 Å². The molecule has 112 valence electrons. The molecule has 1 heterocycles. The maximum Gasteiger partial charge on any atom is 0.0642 e. The number of anilines is 1. The summed E-state index contributed by atoms with van der Waals surface area (Å²) >= 11 is 6.48. The summed E-state index contributed by atoms with van der Waals surface area (Å²) in [5, 5.41) is 0.850. The highest BCUT2D eigenvalue weighted by Crippen LogP contribution is 2.29. The van der Waals surface area contributed by atoms with Crippen molar-refractivity contribution in [2.75, 3.05) is 31.6 Å². The lowest BCUT2D eigenvalue weighted by molar-refractivity contribution is 0.213. The number of halogens is 1. The fourth-order valence-corrected chi connectivity index (χ4v) is 3.23. The Hall–Kier alpha value is -0.770. The number of hydrogen-bond acceptors (Lipinski definition) is 3. The van der Waals surface area contributed by atoms with Crippen molar-refractivity contribution >= 4 is 17.3 Å². The van der Waals surface area contributed by atoms with Crippen molar-refractivity contribution in [1.82, 2.24) is 4.90 Å². The highest BCUT2D eigenvalue weighted by molar-refractivity contribution is 6.33. The fourth-order valence-electron chi connectivity index (χ4n) is 2.91. The summed E-state index contributed by atoms with van der Waals surface area (Å²) in [6.45, 7) is 7.46. The molecule has 0 bridgehead atoms. The van der Waals surface area contributed by atoms with Gasteiger partial charge in [0, 0.05) is 31.7 Å². The van der Waals surface area contributed by atoms with Gasteiger partial charge in [0.15, 0.2) is 0 Å². The largest absolute Gasteiger partial charge is 0.367 e. The molecule has 1 aromatic rings. The van der Waals surface area contributed by atoms with Gasteiger partial charge in [0.2, 0.25) is 0 Å². The van der Waals surface area contributed by atoms with Crippen LogP contribution in [0.15, 0.2) is 18.2 Å². The van der Waals surface area contributed by atoms with Gasteiger partial charge < -0.3 is 10.6 Å². The van der Waals surface area contributed by atoms with Gasteiger partial charge in [-0.2, -0.15) is 0 Å². The molecule has 2 atom stereocenters. The van der Waals surface area contributed by atoms with Crippen LogP contribution in [0.4, 0.5) is 5.69 Å². The van der Waals surface area contributed by atoms with E-state index in [0.29, 0.717) is 6.04 Å². The Morgan fingerprint density at radius 3 is 2.75 bits per heavy atom. The number of piperazine rings is 1. The number of rotatable bonds is 4. The van der Waals surface area contributed by atoms with Crippen LogP contribution in [0.3, 0.4) is 0 Å². The van der Waals surface area contributed by atoms with Crippen LogP contribution in [0.1, 0.15) is 25.8 Å². The van der Waals surface area contributed by atoms with Crippen molar-refractivity contribution in [2.24, 2.45) is 5.73 Å². The zero-order valence-electron chi connectivity index (χ0n) is 12.8. The van der Waals surface area contributed by atoms with E-state index >= 15 is 0 Å². The molecule has 0 aliphatic carbocycles. The van der Waals surface area contributed by atoms with Crippen molar-refractivity contribution in [2.45, 2.75) is 38.8 Å². The summed E-state index contributed by atoms with van der Waals surface area (Å²) < 4.78 is 0. The number of nitrogens with zero attached hydrogens (tertiary/aromatic N) is 2. The normalized spacial score (nSPS) is 22.1. The van der Waals surface area contributed by atoms with Crippen LogP contribution in [-0.2, 0) is 6.42 Å². The van der Waals surface area contributed by atoms with Gasteiger partial charge in [0.25, 0.3) is 0 Å². The molecule has 0 saturated carbocycles. The van der Waals surface area contributed by atoms with Gasteiger partial charge in [-0.15, -0.1) is 0 Å². The number of nitrogens with two attached hydrogens (primary N) is 1. The van der Waals surface area contributed by atoms with Crippen molar-refractivity contribution < 1.29 is 0 Å². The molecule has 3 nitrogen and oxygen atoms in total. The Labute approximate surface area is 127 Å². The lowest BCUT2D eigenvalue weighted by Gasteiger charge is -2.40. The van der Waals surface area contributed by atoms with E-state index in [1.165, 1.54) is 12.0 Å². The van der Waals surface area contributed by atoms with Crippen molar-refractivity contribution in [3.63, 3.8) is 0 Å². The maximum atomic E-state index is 6.48. The Morgan fingerprint density at radius 1 is 1.40 bits per heavy atom. The third-order valence-corrected chi connectivity index (χ3v) is 4.46. The van der Waals surface area contributed by atoms with Crippen LogP contribution in [0.5, 0.6) is 0 Å². The number of likely N-dealkylation sites (N-methyl/N-ethyl adjacent to an activating group) is 1. The molecule has 4 heteroatoms. The van der Waals surface area contributed by atoms with Gasteiger partial charge >= 0.3 is 0 Å². The maximum absolute atomic E-state index is 6.48. The quantitative estimate of drug-likeness (QED) is 0.927. The van der Waals surface area contributed by atoms with E-state index in [1.807, 2.05) is 6.92 Å². The Morgan fingerprint density at radius 2 is 2.15 bits per heavy atom. The molecule has 1 saturated heterocycles. The second kappa shape index (κ2) is 6.79. The van der Waals surface area contributed by atoms with Crippen LogP contribution in [-0.4, -0.2) is 43.7 Å². The van der Waals surface area contributed by atoms with Crippen LogP contribution in [0, 0.1) is 0 Å². The zero-order valence-corrected chi connectivity index (χ0v) is 13.5. The summed E-state index contributed by atoms with van der Waals surface area (Å²) in [6.07, 6.45) is 2.05. The molecule has 0 amide bonds. The molecule has 2 unspecified atom stereocenters. The van der Waals surface area contributed by atoms with E-state index in [4.69, 9.17) is 17.3 Å². The second-order valence-electron chi connectivity index (χ2n) is 5.96. The highest BCUT2D eigenvalue weighted by atomic mass is 35.5. The Balaban J connectivity index is 2.12. The van der Waals surface area contributed by atoms with Crippen LogP contribution >= 0.6 is 11.6 Å². The predicted molar refractivity (Wildman–Crippen MR) is 87.7 cm³/mol. The van der Waals surface area contributed by atoms with Gasteiger partial charge in [-0.05, 0) is 44.5 Å². The lowest BCUT2D eigenvalue weighted by Crippen LogP contribution is -2.51. The third-order valence-electron chi connectivity index (χ3n) is 4.16. The first-order valence-corrected chi connectivity index (χ1v) is 7.88. The second-order valence-corrected chi connectivity index (χ2v) is 6.36. The first-order chi connectivity index (χ1) is 9.51. The minimum Gasteiger partial charge on any atom is -0.367 e. The SMILES string of the molecule is CCC1CN(c2ccc(CC(C)N)cc2Cl)CCN1C. The van der Waals surface area contributed by atoms with Crippen LogP contribution in [0.2, 0.25) is 5.02 Å². The minimum absolute atomic E-state index is 0.171. The van der Waals surface area contributed by atoms with Crippen molar-refractivity contribution in [1.29, 1.82) is 0 Å². The molecule has 1 aromatic carbocycles. The van der Waals surface area contributed by atoms with E-state index < -0.39 is 0 Å². The first kappa shape index (κ1) is 15.6. The summed E-state index contributed by atoms with van der Waals surface area (Å²) in [5.41, 5.74) is 8.22. The molecule has 1 aliphatic heterocycles. The average Bonchev–Trinajstić information content (AvgIpc) is 2.39. The van der Waals surface area contributed by atoms with Crippen LogP contribution < -0.4 is 10.6 Å². The van der Waals surface area contributed by atoms with Gasteiger partial charge in [-0.3, -0.25) is 4.90 Å². The molecule has 2 rings (SSSR count). The lowest BCUT2D eigenvalue weighted by atomic mass is 10.1. The predicted octanol–water partition coefficient (Wildman–Crippen LogP) is 2.76. The van der Waals surface area contributed by atoms with E-state index in [-0.39, 0.29) is 6.04 Å². The van der Waals surface area contributed by atoms with Crippen molar-refractivity contribution in [3.8, 4) is 0 Å². The molecule has 1 aliphatic rings. The monoisotopic (exact) mass is 295 g/mol. The summed E-state index contributed by atoms with van der Waals surface area (Å²) in [5.74, 6) is 0. The van der Waals surface area contributed by atoms with Gasteiger partial charge in [0.05, 0.1) is 10.7 Å². The van der Waals surface area contributed by atoms with E-state index in [0.717, 1.165) is 36.8 Å². The first-order valence-electron chi connectivity index (χ1n) is 7.50. The van der Waals surface area contributed by atoms with Gasteiger partial charge in [-0.1, -0.05) is 24.6 Å². The van der Waals surface area contributed by atoms with Crippen LogP contribution in [0.25, 0.3) is 0 Å². The molecule has 0 aromatic heterocycles. The molecular formula is C16H26ClN3. The number of benzene rings is 1. The number of hydrogen-bond donors (Lipinski definition) is 1. The van der Waals surface area contributed by atoms with Crippen molar-refractivity contribution in [3.05, 3.63) is 28.8 Å². The summed E-state index contributed by atoms with van der Waals surface area (Å²) in [6, 6.07) is 7.16. The molecule has 0 spiro atoms. The standard InChI is InChI=1S/C16H26ClN3/c1-4-14-11-20(8-7-19(14)3)16-6-5-13(9-12(2)18)10-15(16)17/h5-6,10,12,14H,4,7-9,11,18H2,1-3H3. The molecule has 1 fully saturated rings. The summed E-state index contributed by atoms with van der Waals surface area (Å²) in [7, 11) is 2.21. The zero-order chi connectivity index (χ0) is 14.7. The average molecular weight is 296 g/mol. The smallest absolute Gasteiger partial charge is 0.0642 e. The molecular weight excluding hydrogens is 270 g/mol. The van der Waals surface area contributed by atoms with Gasteiger partial charge in [-0.25, -0.2) is 0 Å². The van der Waals surface area contributed by atoms with Gasteiger partial charge in [0.1, 0.15) is 0 Å². The Bertz CT molecular complexity index is 447. The molecule has 0 radical (unpaired) electrons. The molecule has 20 heavy (non-hydrogen) atoms.